The standard InChI is InChI=1S/C25H30N4O4/c1-4-29(5-2)18-7-8-19-16(3)20(24(30)33-23(19)13-18)10-11-32-25(31)26-14-17-6-9-21-22(12-17)28-15-27-21/h6-9,12-13,15-16,20H,4-5,10-11,14H2,1-3H3,(H,26,31)(H,27,28). The number of carbonyl (C=O) groups excluding carboxylic acids is 2. The summed E-state index contributed by atoms with van der Waals surface area (Å²) in [7, 11) is 0. The number of H-pyrrole nitrogens is 1. The number of benzene rings is 2. The van der Waals surface area contributed by atoms with Crippen LogP contribution in [0.5, 0.6) is 5.75 Å². The maximum absolute atomic E-state index is 12.7. The Morgan fingerprint density at radius 2 is 2.03 bits per heavy atom. The number of aromatic nitrogens is 2. The quantitative estimate of drug-likeness (QED) is 0.391. The summed E-state index contributed by atoms with van der Waals surface area (Å²) in [6, 6.07) is 11.8. The minimum Gasteiger partial charge on any atom is -0.450 e. The maximum atomic E-state index is 12.7. The topological polar surface area (TPSA) is 96.5 Å². The molecule has 1 aliphatic heterocycles. The van der Waals surface area contributed by atoms with Crippen LogP contribution in [0.3, 0.4) is 0 Å². The molecule has 0 bridgehead atoms. The summed E-state index contributed by atoms with van der Waals surface area (Å²) in [5.41, 5.74) is 4.78. The van der Waals surface area contributed by atoms with Gasteiger partial charge in [-0.3, -0.25) is 4.79 Å². The summed E-state index contributed by atoms with van der Waals surface area (Å²) in [6.07, 6.45) is 1.53. The molecule has 2 unspecified atom stereocenters. The molecule has 0 saturated carbocycles. The average molecular weight is 451 g/mol. The summed E-state index contributed by atoms with van der Waals surface area (Å²) in [5, 5.41) is 2.74. The minimum absolute atomic E-state index is 0.0141. The number of anilines is 1. The third-order valence-corrected chi connectivity index (χ3v) is 6.32. The number of imidazole rings is 1. The largest absolute Gasteiger partial charge is 0.450 e. The molecule has 0 aliphatic carbocycles. The van der Waals surface area contributed by atoms with Gasteiger partial charge in [0.2, 0.25) is 0 Å². The number of fused-ring (bicyclic) bond motifs is 2. The number of ether oxygens (including phenoxy) is 2. The molecule has 1 aliphatic rings. The lowest BCUT2D eigenvalue weighted by Crippen LogP contribution is -2.32. The van der Waals surface area contributed by atoms with Gasteiger partial charge in [0.15, 0.2) is 0 Å². The second-order valence-electron chi connectivity index (χ2n) is 8.24. The summed E-state index contributed by atoms with van der Waals surface area (Å²) in [5.74, 6) is -0.0169. The van der Waals surface area contributed by atoms with Crippen LogP contribution in [0.2, 0.25) is 0 Å². The van der Waals surface area contributed by atoms with Crippen molar-refractivity contribution in [2.24, 2.45) is 5.92 Å². The molecule has 1 amide bonds. The number of hydrogen-bond acceptors (Lipinski definition) is 6. The minimum atomic E-state index is -0.513. The Bertz CT molecular complexity index is 1140. The van der Waals surface area contributed by atoms with E-state index in [2.05, 4.69) is 40.1 Å². The van der Waals surface area contributed by atoms with E-state index in [1.807, 2.05) is 37.3 Å². The highest BCUT2D eigenvalue weighted by Gasteiger charge is 2.35. The average Bonchev–Trinajstić information content (AvgIpc) is 3.28. The van der Waals surface area contributed by atoms with E-state index in [4.69, 9.17) is 9.47 Å². The van der Waals surface area contributed by atoms with E-state index in [0.717, 1.165) is 40.9 Å². The van der Waals surface area contributed by atoms with Gasteiger partial charge in [0, 0.05) is 31.4 Å². The molecule has 0 radical (unpaired) electrons. The van der Waals surface area contributed by atoms with Gasteiger partial charge >= 0.3 is 12.1 Å². The Morgan fingerprint density at radius 3 is 2.82 bits per heavy atom. The summed E-state index contributed by atoms with van der Waals surface area (Å²) in [6.45, 7) is 8.48. The third kappa shape index (κ3) is 4.94. The van der Waals surface area contributed by atoms with Crippen LogP contribution in [0, 0.1) is 5.92 Å². The van der Waals surface area contributed by atoms with Gasteiger partial charge in [-0.25, -0.2) is 9.78 Å². The zero-order valence-electron chi connectivity index (χ0n) is 19.3. The van der Waals surface area contributed by atoms with E-state index in [0.29, 0.717) is 18.7 Å². The fraction of sp³-hybridized carbons (Fsp3) is 0.400. The van der Waals surface area contributed by atoms with Crippen molar-refractivity contribution >= 4 is 28.8 Å². The van der Waals surface area contributed by atoms with E-state index >= 15 is 0 Å². The van der Waals surface area contributed by atoms with E-state index in [-0.39, 0.29) is 24.4 Å². The highest BCUT2D eigenvalue weighted by atomic mass is 16.6. The third-order valence-electron chi connectivity index (χ3n) is 6.32. The highest BCUT2D eigenvalue weighted by Crippen LogP contribution is 2.40. The molecule has 3 aromatic rings. The van der Waals surface area contributed by atoms with E-state index in [1.165, 1.54) is 0 Å². The molecule has 8 heteroatoms. The Kier molecular flexibility index (Phi) is 6.82. The van der Waals surface area contributed by atoms with Crippen LogP contribution >= 0.6 is 0 Å². The number of amides is 1. The number of hydrogen-bond donors (Lipinski definition) is 2. The predicted molar refractivity (Wildman–Crippen MR) is 126 cm³/mol. The Labute approximate surface area is 193 Å². The molecule has 1 aromatic heterocycles. The van der Waals surface area contributed by atoms with Gasteiger partial charge in [-0.1, -0.05) is 19.1 Å². The van der Waals surface area contributed by atoms with Crippen LogP contribution in [-0.4, -0.2) is 41.7 Å². The lowest BCUT2D eigenvalue weighted by atomic mass is 9.83. The fourth-order valence-corrected chi connectivity index (χ4v) is 4.34. The smallest absolute Gasteiger partial charge is 0.407 e. The van der Waals surface area contributed by atoms with Gasteiger partial charge in [-0.15, -0.1) is 0 Å². The van der Waals surface area contributed by atoms with Crippen LogP contribution in [0.1, 0.15) is 44.2 Å². The SMILES string of the molecule is CCN(CC)c1ccc2c(c1)OC(=O)C(CCOC(=O)NCc1ccc3nc[nH]c3c1)C2C. The molecule has 2 N–H and O–H groups in total. The fourth-order valence-electron chi connectivity index (χ4n) is 4.34. The van der Waals surface area contributed by atoms with Gasteiger partial charge in [0.05, 0.1) is 29.9 Å². The number of rotatable bonds is 8. The maximum Gasteiger partial charge on any atom is 0.407 e. The van der Waals surface area contributed by atoms with E-state index in [1.54, 1.807) is 6.33 Å². The predicted octanol–water partition coefficient (Wildman–Crippen LogP) is 4.36. The van der Waals surface area contributed by atoms with Gasteiger partial charge in [0.25, 0.3) is 0 Å². The number of esters is 1. The Balaban J connectivity index is 1.29. The van der Waals surface area contributed by atoms with Gasteiger partial charge in [-0.05, 0) is 55.5 Å². The van der Waals surface area contributed by atoms with Crippen molar-refractivity contribution in [1.82, 2.24) is 15.3 Å². The first-order valence-corrected chi connectivity index (χ1v) is 11.4. The van der Waals surface area contributed by atoms with E-state index in [9.17, 15) is 9.59 Å². The second kappa shape index (κ2) is 9.94. The summed E-state index contributed by atoms with van der Waals surface area (Å²) >= 11 is 0. The molecular weight excluding hydrogens is 420 g/mol. The Morgan fingerprint density at radius 1 is 1.21 bits per heavy atom. The molecule has 0 fully saturated rings. The van der Waals surface area contributed by atoms with Crippen molar-refractivity contribution < 1.29 is 19.1 Å². The van der Waals surface area contributed by atoms with Crippen molar-refractivity contribution in [2.75, 3.05) is 24.6 Å². The normalized spacial score (nSPS) is 17.4. The van der Waals surface area contributed by atoms with Gasteiger partial charge < -0.3 is 24.7 Å². The summed E-state index contributed by atoms with van der Waals surface area (Å²) in [4.78, 5) is 34.2. The first kappa shape index (κ1) is 22.6. The number of nitrogens with zero attached hydrogens (tertiary/aromatic N) is 2. The molecule has 0 spiro atoms. The molecular formula is C25H30N4O4. The molecule has 0 saturated heterocycles. The van der Waals surface area contributed by atoms with Crippen LogP contribution in [0.25, 0.3) is 11.0 Å². The van der Waals surface area contributed by atoms with Crippen molar-refractivity contribution in [3.63, 3.8) is 0 Å². The molecule has 174 valence electrons. The van der Waals surface area contributed by atoms with Crippen LogP contribution in [-0.2, 0) is 16.1 Å². The number of alkyl carbamates (subject to hydrolysis) is 1. The first-order valence-electron chi connectivity index (χ1n) is 11.4. The lowest BCUT2D eigenvalue weighted by Gasteiger charge is -2.31. The van der Waals surface area contributed by atoms with Crippen molar-refractivity contribution in [2.45, 2.75) is 39.7 Å². The molecule has 2 aromatic carbocycles. The number of carbonyl (C=O) groups is 2. The summed E-state index contributed by atoms with van der Waals surface area (Å²) < 4.78 is 11.0. The molecule has 4 rings (SSSR count). The first-order chi connectivity index (χ1) is 16.0. The number of nitrogens with one attached hydrogen (secondary N) is 2. The highest BCUT2D eigenvalue weighted by molar-refractivity contribution is 5.80. The molecule has 2 atom stereocenters. The Hall–Kier alpha value is -3.55. The zero-order valence-corrected chi connectivity index (χ0v) is 19.3. The number of aromatic amines is 1. The molecule has 8 nitrogen and oxygen atoms in total. The van der Waals surface area contributed by atoms with Crippen molar-refractivity contribution in [3.8, 4) is 5.75 Å². The molecule has 2 heterocycles. The molecule has 33 heavy (non-hydrogen) atoms. The van der Waals surface area contributed by atoms with Gasteiger partial charge in [0.1, 0.15) is 5.75 Å². The van der Waals surface area contributed by atoms with Crippen LogP contribution < -0.4 is 15.0 Å². The second-order valence-corrected chi connectivity index (χ2v) is 8.24. The zero-order chi connectivity index (χ0) is 23.4. The van der Waals surface area contributed by atoms with Gasteiger partial charge in [-0.2, -0.15) is 0 Å². The lowest BCUT2D eigenvalue weighted by molar-refractivity contribution is -0.141. The monoisotopic (exact) mass is 450 g/mol. The van der Waals surface area contributed by atoms with Crippen molar-refractivity contribution in [3.05, 3.63) is 53.9 Å². The van der Waals surface area contributed by atoms with Crippen molar-refractivity contribution in [1.29, 1.82) is 0 Å². The van der Waals surface area contributed by atoms with E-state index < -0.39 is 6.09 Å². The van der Waals surface area contributed by atoms with Crippen LogP contribution in [0.4, 0.5) is 10.5 Å². The van der Waals surface area contributed by atoms with Crippen LogP contribution in [0.15, 0.2) is 42.7 Å².